The second-order valence-electron chi connectivity index (χ2n) is 5.99. The molecule has 8 heteroatoms. The van der Waals surface area contributed by atoms with E-state index in [1.165, 1.54) is 0 Å². The number of ether oxygens (including phenoxy) is 1. The molecule has 0 radical (unpaired) electrons. The molecule has 0 saturated heterocycles. The lowest BCUT2D eigenvalue weighted by molar-refractivity contribution is 0.0919. The lowest BCUT2D eigenvalue weighted by Crippen LogP contribution is -2.40. The van der Waals surface area contributed by atoms with Crippen LogP contribution in [-0.4, -0.2) is 36.8 Å². The van der Waals surface area contributed by atoms with Crippen LogP contribution in [0.5, 0.6) is 5.75 Å². The maximum absolute atomic E-state index is 12.4. The van der Waals surface area contributed by atoms with Gasteiger partial charge in [-0.2, -0.15) is 0 Å². The highest BCUT2D eigenvalue weighted by Crippen LogP contribution is 2.14. The van der Waals surface area contributed by atoms with Crippen LogP contribution in [0.1, 0.15) is 27.9 Å². The molecular formula is C19H24N6O2. The molecule has 0 bridgehead atoms. The predicted octanol–water partition coefficient (Wildman–Crippen LogP) is 0.781. The van der Waals surface area contributed by atoms with Crippen LogP contribution < -0.4 is 27.3 Å². The summed E-state index contributed by atoms with van der Waals surface area (Å²) in [4.78, 5) is 12.4. The molecule has 0 heterocycles. The third kappa shape index (κ3) is 5.82. The fraction of sp³-hybridized carbons (Fsp3) is 0.211. The molecule has 142 valence electrons. The lowest BCUT2D eigenvalue weighted by Gasteiger charge is -2.19. The second-order valence-corrected chi connectivity index (χ2v) is 5.99. The Morgan fingerprint density at radius 3 is 2.22 bits per heavy atom. The topological polar surface area (TPSA) is 164 Å². The Morgan fingerprint density at radius 2 is 1.63 bits per heavy atom. The van der Waals surface area contributed by atoms with Crippen LogP contribution in [0.3, 0.4) is 0 Å². The molecule has 0 saturated carbocycles. The average Bonchev–Trinajstić information content (AvgIpc) is 2.66. The maximum Gasteiger partial charge on any atom is 0.251 e. The molecule has 0 aromatic heterocycles. The van der Waals surface area contributed by atoms with Crippen LogP contribution in [-0.2, 0) is 0 Å². The molecule has 27 heavy (non-hydrogen) atoms. The van der Waals surface area contributed by atoms with Gasteiger partial charge in [-0.25, -0.2) is 0 Å². The first-order valence-electron chi connectivity index (χ1n) is 8.43. The summed E-state index contributed by atoms with van der Waals surface area (Å²) in [6.07, 6.45) is 0.545. The molecule has 9 N–H and O–H groups in total. The Bertz CT molecular complexity index is 819. The molecule has 0 aliphatic rings. The van der Waals surface area contributed by atoms with E-state index in [9.17, 15) is 4.79 Å². The van der Waals surface area contributed by atoms with Gasteiger partial charge in [0.15, 0.2) is 0 Å². The van der Waals surface area contributed by atoms with E-state index in [-0.39, 0.29) is 30.2 Å². The number of amides is 1. The van der Waals surface area contributed by atoms with Crippen LogP contribution in [0.2, 0.25) is 0 Å². The lowest BCUT2D eigenvalue weighted by atomic mass is 10.1. The molecular weight excluding hydrogens is 344 g/mol. The number of carbonyl (C=O) groups excluding carboxylic acids is 1. The van der Waals surface area contributed by atoms with Crippen LogP contribution in [0, 0.1) is 10.8 Å². The summed E-state index contributed by atoms with van der Waals surface area (Å²) < 4.78 is 5.73. The predicted molar refractivity (Wildman–Crippen MR) is 105 cm³/mol. The fourth-order valence-corrected chi connectivity index (χ4v) is 2.42. The molecule has 2 rings (SSSR count). The molecule has 2 aromatic rings. The Morgan fingerprint density at radius 1 is 1.00 bits per heavy atom. The van der Waals surface area contributed by atoms with Crippen LogP contribution in [0.15, 0.2) is 48.5 Å². The molecule has 0 aliphatic carbocycles. The van der Waals surface area contributed by atoms with Gasteiger partial charge in [-0.3, -0.25) is 15.6 Å². The van der Waals surface area contributed by atoms with Crippen molar-refractivity contribution in [2.24, 2.45) is 17.2 Å². The minimum atomic E-state index is -0.282. The van der Waals surface area contributed by atoms with Gasteiger partial charge in [-0.05, 0) is 37.2 Å². The molecule has 1 atom stereocenters. The first-order chi connectivity index (χ1) is 12.9. The first-order valence-corrected chi connectivity index (χ1v) is 8.43. The summed E-state index contributed by atoms with van der Waals surface area (Å²) >= 11 is 0. The minimum absolute atomic E-state index is 0.0405. The summed E-state index contributed by atoms with van der Waals surface area (Å²) in [5.41, 5.74) is 18.1. The van der Waals surface area contributed by atoms with Gasteiger partial charge in [0, 0.05) is 16.7 Å². The molecule has 0 spiro atoms. The van der Waals surface area contributed by atoms with E-state index in [1.807, 2.05) is 0 Å². The van der Waals surface area contributed by atoms with Gasteiger partial charge in [0.05, 0.1) is 6.04 Å². The van der Waals surface area contributed by atoms with Gasteiger partial charge >= 0.3 is 0 Å². The van der Waals surface area contributed by atoms with E-state index in [2.05, 4.69) is 5.32 Å². The number of hydrogen-bond acceptors (Lipinski definition) is 5. The number of nitrogens with one attached hydrogen (secondary N) is 3. The Kier molecular flexibility index (Phi) is 6.90. The molecule has 0 unspecified atom stereocenters. The van der Waals surface area contributed by atoms with Crippen molar-refractivity contribution >= 4 is 17.6 Å². The van der Waals surface area contributed by atoms with E-state index >= 15 is 0 Å². The molecule has 2 aromatic carbocycles. The Hall–Kier alpha value is -3.39. The zero-order valence-corrected chi connectivity index (χ0v) is 14.9. The summed E-state index contributed by atoms with van der Waals surface area (Å²) in [6, 6.07) is 13.1. The standard InChI is InChI=1S/C19H24N6O2/c20-9-8-15(11-27-16-3-1-2-14(10-16)18(23)24)25-19(26)13-6-4-12(5-7-13)17(21)22/h1-7,10,15H,8-9,11,20H2,(H3,21,22)(H3,23,24)(H,25,26)/t15-/m1/s1. The highest BCUT2D eigenvalue weighted by atomic mass is 16.5. The molecule has 1 amide bonds. The summed E-state index contributed by atoms with van der Waals surface area (Å²) in [7, 11) is 0. The van der Waals surface area contributed by atoms with Gasteiger partial charge in [0.2, 0.25) is 0 Å². The second kappa shape index (κ2) is 9.35. The van der Waals surface area contributed by atoms with Gasteiger partial charge in [0.25, 0.3) is 5.91 Å². The number of hydrogen-bond donors (Lipinski definition) is 6. The average molecular weight is 368 g/mol. The zero-order valence-electron chi connectivity index (χ0n) is 14.9. The summed E-state index contributed by atoms with van der Waals surface area (Å²) in [5, 5.41) is 17.8. The normalized spacial score (nSPS) is 11.4. The van der Waals surface area contributed by atoms with E-state index < -0.39 is 0 Å². The van der Waals surface area contributed by atoms with E-state index in [0.29, 0.717) is 35.4 Å². The van der Waals surface area contributed by atoms with E-state index in [4.69, 9.17) is 32.8 Å². The smallest absolute Gasteiger partial charge is 0.251 e. The molecule has 0 fully saturated rings. The molecule has 0 aliphatic heterocycles. The maximum atomic E-state index is 12.4. The van der Waals surface area contributed by atoms with Gasteiger partial charge in [-0.1, -0.05) is 24.3 Å². The minimum Gasteiger partial charge on any atom is -0.491 e. The van der Waals surface area contributed by atoms with Crippen LogP contribution in [0.4, 0.5) is 0 Å². The van der Waals surface area contributed by atoms with Crippen molar-refractivity contribution in [3.05, 3.63) is 65.2 Å². The number of rotatable bonds is 9. The fourth-order valence-electron chi connectivity index (χ4n) is 2.42. The van der Waals surface area contributed by atoms with Gasteiger partial charge < -0.3 is 27.3 Å². The van der Waals surface area contributed by atoms with Crippen molar-refractivity contribution in [2.75, 3.05) is 13.2 Å². The number of nitrogens with two attached hydrogens (primary N) is 3. The largest absolute Gasteiger partial charge is 0.491 e. The van der Waals surface area contributed by atoms with E-state index in [1.54, 1.807) is 48.5 Å². The number of nitrogen functional groups attached to an aromatic ring is 2. The van der Waals surface area contributed by atoms with Crippen molar-refractivity contribution in [1.29, 1.82) is 10.8 Å². The van der Waals surface area contributed by atoms with Gasteiger partial charge in [-0.15, -0.1) is 0 Å². The SMILES string of the molecule is N=C(N)c1ccc(C(=O)N[C@H](CCN)COc2cccc(C(=N)N)c2)cc1. The number of amidine groups is 2. The number of carbonyl (C=O) groups is 1. The monoisotopic (exact) mass is 368 g/mol. The summed E-state index contributed by atoms with van der Waals surface area (Å²) in [6.45, 7) is 0.626. The van der Waals surface area contributed by atoms with Crippen molar-refractivity contribution in [2.45, 2.75) is 12.5 Å². The van der Waals surface area contributed by atoms with Crippen molar-refractivity contribution in [3.8, 4) is 5.75 Å². The first kappa shape index (κ1) is 19.9. The van der Waals surface area contributed by atoms with Crippen LogP contribution >= 0.6 is 0 Å². The number of benzene rings is 2. The zero-order chi connectivity index (χ0) is 19.8. The highest BCUT2D eigenvalue weighted by Gasteiger charge is 2.14. The summed E-state index contributed by atoms with van der Waals surface area (Å²) in [5.74, 6) is 0.208. The Labute approximate surface area is 157 Å². The third-order valence-electron chi connectivity index (χ3n) is 3.90. The van der Waals surface area contributed by atoms with Crippen molar-refractivity contribution in [3.63, 3.8) is 0 Å². The highest BCUT2D eigenvalue weighted by molar-refractivity contribution is 5.98. The van der Waals surface area contributed by atoms with Crippen LogP contribution in [0.25, 0.3) is 0 Å². The quantitative estimate of drug-likeness (QED) is 0.284. The van der Waals surface area contributed by atoms with Crippen molar-refractivity contribution in [1.82, 2.24) is 5.32 Å². The Balaban J connectivity index is 2.00. The van der Waals surface area contributed by atoms with Gasteiger partial charge in [0.1, 0.15) is 24.0 Å². The molecule has 8 nitrogen and oxygen atoms in total. The van der Waals surface area contributed by atoms with E-state index in [0.717, 1.165) is 0 Å². The van der Waals surface area contributed by atoms with Crippen molar-refractivity contribution < 1.29 is 9.53 Å². The third-order valence-corrected chi connectivity index (χ3v) is 3.90.